The zero-order chi connectivity index (χ0) is 22.9. The molecule has 0 aliphatic carbocycles. The molecule has 1 aliphatic rings. The number of aromatic nitrogens is 1. The largest absolute Gasteiger partial charge is 0.373 e. The van der Waals surface area contributed by atoms with E-state index < -0.39 is 10.0 Å². The van der Waals surface area contributed by atoms with Crippen LogP contribution < -0.4 is 5.32 Å². The minimum absolute atomic E-state index is 0.0651. The maximum absolute atomic E-state index is 13.2. The molecule has 1 aromatic heterocycles. The molecule has 2 heterocycles. The third-order valence-electron chi connectivity index (χ3n) is 5.55. The second-order valence-corrected chi connectivity index (χ2v) is 10.4. The third kappa shape index (κ3) is 4.68. The summed E-state index contributed by atoms with van der Waals surface area (Å²) in [5.74, 6) is -0.346. The molecule has 2 atom stereocenters. The molecule has 3 aromatic rings. The van der Waals surface area contributed by atoms with Crippen LogP contribution in [0, 0.1) is 0 Å². The summed E-state index contributed by atoms with van der Waals surface area (Å²) in [4.78, 5) is 15.9. The van der Waals surface area contributed by atoms with Crippen LogP contribution in [0.3, 0.4) is 0 Å². The molecule has 0 spiro atoms. The SMILES string of the molecule is C[C@@H]1CN(S(=O)(=O)c2cc(C(=O)NCCc3c[nH]c4ccccc34)ccc2Cl)C[C@@H](C)O1. The molecule has 1 aliphatic heterocycles. The zero-order valence-corrected chi connectivity index (χ0v) is 19.5. The molecule has 9 heteroatoms. The quantitative estimate of drug-likeness (QED) is 0.570. The van der Waals surface area contributed by atoms with Crippen molar-refractivity contribution in [2.24, 2.45) is 0 Å². The van der Waals surface area contributed by atoms with Crippen LogP contribution in [-0.2, 0) is 21.2 Å². The van der Waals surface area contributed by atoms with E-state index in [1.54, 1.807) is 0 Å². The average molecular weight is 476 g/mol. The summed E-state index contributed by atoms with van der Waals surface area (Å²) < 4.78 is 33.4. The summed E-state index contributed by atoms with van der Waals surface area (Å²) >= 11 is 6.23. The van der Waals surface area contributed by atoms with Crippen LogP contribution in [0.25, 0.3) is 10.9 Å². The molecule has 32 heavy (non-hydrogen) atoms. The van der Waals surface area contributed by atoms with Gasteiger partial charge in [-0.15, -0.1) is 0 Å². The van der Waals surface area contributed by atoms with E-state index in [4.69, 9.17) is 16.3 Å². The predicted molar refractivity (Wildman–Crippen MR) is 125 cm³/mol. The van der Waals surface area contributed by atoms with Crippen molar-refractivity contribution >= 4 is 38.4 Å². The van der Waals surface area contributed by atoms with Gasteiger partial charge in [-0.05, 0) is 50.1 Å². The van der Waals surface area contributed by atoms with Gasteiger partial charge in [0.15, 0.2) is 0 Å². The number of aromatic amines is 1. The van der Waals surface area contributed by atoms with Crippen LogP contribution in [0.15, 0.2) is 53.6 Å². The number of carbonyl (C=O) groups is 1. The van der Waals surface area contributed by atoms with E-state index in [1.807, 2.05) is 44.3 Å². The van der Waals surface area contributed by atoms with Crippen molar-refractivity contribution < 1.29 is 17.9 Å². The highest BCUT2D eigenvalue weighted by Crippen LogP contribution is 2.28. The molecule has 0 saturated carbocycles. The van der Waals surface area contributed by atoms with E-state index in [9.17, 15) is 13.2 Å². The van der Waals surface area contributed by atoms with Gasteiger partial charge < -0.3 is 15.0 Å². The van der Waals surface area contributed by atoms with E-state index in [0.717, 1.165) is 16.5 Å². The summed E-state index contributed by atoms with van der Waals surface area (Å²) in [6, 6.07) is 12.3. The Balaban J connectivity index is 1.47. The number of fused-ring (bicyclic) bond motifs is 1. The van der Waals surface area contributed by atoms with E-state index in [0.29, 0.717) is 13.0 Å². The lowest BCUT2D eigenvalue weighted by Crippen LogP contribution is -2.48. The molecule has 4 rings (SSSR count). The molecule has 170 valence electrons. The second kappa shape index (κ2) is 9.23. The number of para-hydroxylation sites is 1. The van der Waals surface area contributed by atoms with Crippen molar-refractivity contribution in [2.75, 3.05) is 19.6 Å². The smallest absolute Gasteiger partial charge is 0.251 e. The lowest BCUT2D eigenvalue weighted by Gasteiger charge is -2.34. The van der Waals surface area contributed by atoms with E-state index in [1.165, 1.54) is 22.5 Å². The number of morpholine rings is 1. The standard InChI is InChI=1S/C23H26ClN3O4S/c1-15-13-27(14-16(2)31-15)32(29,30)22-11-17(7-8-20(22)24)23(28)25-10-9-18-12-26-21-6-4-3-5-19(18)21/h3-8,11-12,15-16,26H,9-10,13-14H2,1-2H3,(H,25,28)/t15-,16-/m1/s1. The van der Waals surface area contributed by atoms with Crippen LogP contribution in [0.1, 0.15) is 29.8 Å². The van der Waals surface area contributed by atoms with Crippen molar-refractivity contribution in [3.05, 3.63) is 64.8 Å². The van der Waals surface area contributed by atoms with Crippen molar-refractivity contribution in [1.82, 2.24) is 14.6 Å². The highest BCUT2D eigenvalue weighted by atomic mass is 35.5. The molecular weight excluding hydrogens is 450 g/mol. The lowest BCUT2D eigenvalue weighted by molar-refractivity contribution is -0.0440. The Morgan fingerprint density at radius 3 is 2.66 bits per heavy atom. The van der Waals surface area contributed by atoms with Crippen molar-refractivity contribution in [2.45, 2.75) is 37.4 Å². The molecule has 1 saturated heterocycles. The average Bonchev–Trinajstić information content (AvgIpc) is 3.16. The van der Waals surface area contributed by atoms with Crippen LogP contribution >= 0.6 is 11.6 Å². The molecular formula is C23H26ClN3O4S. The number of hydrogen-bond acceptors (Lipinski definition) is 4. The first-order valence-corrected chi connectivity index (χ1v) is 12.4. The predicted octanol–water partition coefficient (Wildman–Crippen LogP) is 3.59. The maximum Gasteiger partial charge on any atom is 0.251 e. The van der Waals surface area contributed by atoms with Crippen LogP contribution in [0.5, 0.6) is 0 Å². The van der Waals surface area contributed by atoms with Gasteiger partial charge in [0, 0.05) is 42.3 Å². The zero-order valence-electron chi connectivity index (χ0n) is 18.0. The number of ether oxygens (including phenoxy) is 1. The first-order chi connectivity index (χ1) is 15.3. The molecule has 0 unspecified atom stereocenters. The first kappa shape index (κ1) is 22.8. The monoisotopic (exact) mass is 475 g/mol. The maximum atomic E-state index is 13.2. The number of H-pyrrole nitrogens is 1. The van der Waals surface area contributed by atoms with E-state index in [2.05, 4.69) is 10.3 Å². The molecule has 2 aromatic carbocycles. The number of nitrogens with one attached hydrogen (secondary N) is 2. The summed E-state index contributed by atoms with van der Waals surface area (Å²) in [5.41, 5.74) is 2.41. The fourth-order valence-electron chi connectivity index (χ4n) is 4.06. The molecule has 2 N–H and O–H groups in total. The first-order valence-electron chi connectivity index (χ1n) is 10.5. The highest BCUT2D eigenvalue weighted by molar-refractivity contribution is 7.89. The summed E-state index contributed by atoms with van der Waals surface area (Å²) in [7, 11) is -3.86. The summed E-state index contributed by atoms with van der Waals surface area (Å²) in [6.07, 6.45) is 2.15. The molecule has 0 radical (unpaired) electrons. The number of sulfonamides is 1. The van der Waals surface area contributed by atoms with Gasteiger partial charge in [-0.3, -0.25) is 4.79 Å². The Morgan fingerprint density at radius 1 is 1.19 bits per heavy atom. The normalized spacial score (nSPS) is 19.8. The van der Waals surface area contributed by atoms with Gasteiger partial charge in [-0.1, -0.05) is 29.8 Å². The van der Waals surface area contributed by atoms with Gasteiger partial charge in [0.05, 0.1) is 17.2 Å². The topological polar surface area (TPSA) is 91.5 Å². The van der Waals surface area contributed by atoms with E-state index in [-0.39, 0.29) is 46.7 Å². The van der Waals surface area contributed by atoms with Crippen molar-refractivity contribution in [3.8, 4) is 0 Å². The molecule has 1 fully saturated rings. The Morgan fingerprint density at radius 2 is 1.91 bits per heavy atom. The van der Waals surface area contributed by atoms with Crippen LogP contribution in [0.4, 0.5) is 0 Å². The summed E-state index contributed by atoms with van der Waals surface area (Å²) in [5, 5.41) is 4.08. The van der Waals surface area contributed by atoms with Gasteiger partial charge in [0.25, 0.3) is 5.91 Å². The van der Waals surface area contributed by atoms with E-state index >= 15 is 0 Å². The molecule has 1 amide bonds. The van der Waals surface area contributed by atoms with Gasteiger partial charge in [-0.2, -0.15) is 4.31 Å². The van der Waals surface area contributed by atoms with Crippen LogP contribution in [-0.4, -0.2) is 55.5 Å². The van der Waals surface area contributed by atoms with Crippen molar-refractivity contribution in [3.63, 3.8) is 0 Å². The molecule has 7 nitrogen and oxygen atoms in total. The fraction of sp³-hybridized carbons (Fsp3) is 0.348. The number of amides is 1. The number of hydrogen-bond donors (Lipinski definition) is 2. The number of rotatable bonds is 6. The Kier molecular flexibility index (Phi) is 6.57. The van der Waals surface area contributed by atoms with Crippen molar-refractivity contribution in [1.29, 1.82) is 0 Å². The highest BCUT2D eigenvalue weighted by Gasteiger charge is 2.33. The number of nitrogens with zero attached hydrogens (tertiary/aromatic N) is 1. The Labute approximate surface area is 192 Å². The Hall–Kier alpha value is -2.39. The van der Waals surface area contributed by atoms with Gasteiger partial charge in [0.1, 0.15) is 4.90 Å². The minimum Gasteiger partial charge on any atom is -0.373 e. The minimum atomic E-state index is -3.86. The number of halogens is 1. The number of benzene rings is 2. The Bertz CT molecular complexity index is 1230. The molecule has 0 bridgehead atoms. The lowest BCUT2D eigenvalue weighted by atomic mass is 10.1. The van der Waals surface area contributed by atoms with Gasteiger partial charge >= 0.3 is 0 Å². The number of carbonyl (C=O) groups excluding carboxylic acids is 1. The second-order valence-electron chi connectivity index (χ2n) is 8.09. The summed E-state index contributed by atoms with van der Waals surface area (Å²) in [6.45, 7) is 4.56. The van der Waals surface area contributed by atoms with Gasteiger partial charge in [0.2, 0.25) is 10.0 Å². The third-order valence-corrected chi connectivity index (χ3v) is 7.87. The fourth-order valence-corrected chi connectivity index (χ4v) is 6.15. The van der Waals surface area contributed by atoms with Crippen LogP contribution in [0.2, 0.25) is 5.02 Å². The van der Waals surface area contributed by atoms with Gasteiger partial charge in [-0.25, -0.2) is 8.42 Å².